The average Bonchev–Trinajstić information content (AvgIpc) is 2.74. The quantitative estimate of drug-likeness (QED) is 0.793. The van der Waals surface area contributed by atoms with Crippen LogP contribution in [-0.2, 0) is 16.6 Å². The van der Waals surface area contributed by atoms with E-state index in [1.54, 1.807) is 18.7 Å². The molecule has 6 heteroatoms. The van der Waals surface area contributed by atoms with E-state index in [0.717, 1.165) is 6.42 Å². The van der Waals surface area contributed by atoms with E-state index in [1.807, 2.05) is 6.92 Å². The molecule has 2 heterocycles. The molecule has 2 atom stereocenters. The maximum Gasteiger partial charge on any atom is 0.256 e. The van der Waals surface area contributed by atoms with E-state index in [2.05, 4.69) is 15.4 Å². The molecule has 88 valence electrons. The Morgan fingerprint density at radius 1 is 1.62 bits per heavy atom. The van der Waals surface area contributed by atoms with Crippen LogP contribution in [0.5, 0.6) is 0 Å². The first-order chi connectivity index (χ1) is 7.58. The van der Waals surface area contributed by atoms with Crippen molar-refractivity contribution >= 4 is 11.9 Å². The number of ether oxygens (including phenoxy) is 1. The van der Waals surface area contributed by atoms with Crippen LogP contribution in [-0.4, -0.2) is 33.4 Å². The second-order valence-corrected chi connectivity index (χ2v) is 4.15. The van der Waals surface area contributed by atoms with Crippen molar-refractivity contribution in [2.45, 2.75) is 26.4 Å². The molecule has 2 rings (SSSR count). The minimum absolute atomic E-state index is 0.138. The molecule has 16 heavy (non-hydrogen) atoms. The second kappa shape index (κ2) is 4.21. The molecule has 6 nitrogen and oxygen atoms in total. The summed E-state index contributed by atoms with van der Waals surface area (Å²) in [5.74, 6) is 1.22. The van der Waals surface area contributed by atoms with Gasteiger partial charge in [-0.15, -0.1) is 0 Å². The summed E-state index contributed by atoms with van der Waals surface area (Å²) in [6, 6.07) is 0. The van der Waals surface area contributed by atoms with Crippen molar-refractivity contribution in [2.75, 3.05) is 11.9 Å². The highest BCUT2D eigenvalue weighted by molar-refractivity contribution is 5.93. The van der Waals surface area contributed by atoms with Crippen molar-refractivity contribution in [2.24, 2.45) is 13.0 Å². The lowest BCUT2D eigenvalue weighted by atomic mass is 10.0. The molecule has 0 radical (unpaired) electrons. The predicted octanol–water partition coefficient (Wildman–Crippen LogP) is 0.487. The number of rotatable bonds is 2. The molecule has 0 aromatic carbocycles. The molecule has 1 aliphatic rings. The minimum Gasteiger partial charge on any atom is -0.368 e. The fourth-order valence-electron chi connectivity index (χ4n) is 1.83. The Labute approximate surface area is 94.0 Å². The summed E-state index contributed by atoms with van der Waals surface area (Å²) >= 11 is 0. The zero-order chi connectivity index (χ0) is 11.7. The Hall–Kier alpha value is -1.43. The SMILES string of the molecule is Cc1nc(NC(=O)C2OCCC2C)n(C)n1. The third kappa shape index (κ3) is 2.06. The van der Waals surface area contributed by atoms with Crippen molar-refractivity contribution < 1.29 is 9.53 Å². The van der Waals surface area contributed by atoms with Crippen molar-refractivity contribution in [1.82, 2.24) is 14.8 Å². The van der Waals surface area contributed by atoms with Crippen molar-refractivity contribution in [3.63, 3.8) is 0 Å². The summed E-state index contributed by atoms with van der Waals surface area (Å²) in [5, 5.41) is 6.79. The minimum atomic E-state index is -0.364. The molecule has 1 aromatic rings. The normalized spacial score (nSPS) is 24.7. The Morgan fingerprint density at radius 2 is 2.38 bits per heavy atom. The largest absolute Gasteiger partial charge is 0.368 e. The molecule has 1 amide bonds. The fourth-order valence-corrected chi connectivity index (χ4v) is 1.83. The maximum atomic E-state index is 11.9. The van der Waals surface area contributed by atoms with E-state index < -0.39 is 0 Å². The number of aromatic nitrogens is 3. The van der Waals surface area contributed by atoms with Gasteiger partial charge in [-0.25, -0.2) is 4.68 Å². The molecule has 0 bridgehead atoms. The molecule has 1 aliphatic heterocycles. The molecule has 1 saturated heterocycles. The molecule has 1 N–H and O–H groups in total. The third-order valence-electron chi connectivity index (χ3n) is 2.75. The second-order valence-electron chi connectivity index (χ2n) is 4.15. The van der Waals surface area contributed by atoms with Gasteiger partial charge in [0.25, 0.3) is 5.91 Å². The number of carbonyl (C=O) groups is 1. The maximum absolute atomic E-state index is 11.9. The first-order valence-electron chi connectivity index (χ1n) is 5.38. The molecule has 1 fully saturated rings. The van der Waals surface area contributed by atoms with Gasteiger partial charge in [-0.2, -0.15) is 10.1 Å². The average molecular weight is 224 g/mol. The summed E-state index contributed by atoms with van der Waals surface area (Å²) in [5.41, 5.74) is 0. The molecule has 0 saturated carbocycles. The number of nitrogens with zero attached hydrogens (tertiary/aromatic N) is 3. The van der Waals surface area contributed by atoms with Crippen molar-refractivity contribution in [1.29, 1.82) is 0 Å². The van der Waals surface area contributed by atoms with E-state index in [0.29, 0.717) is 18.4 Å². The number of carbonyl (C=O) groups excluding carboxylic acids is 1. The summed E-state index contributed by atoms with van der Waals surface area (Å²) < 4.78 is 6.92. The Morgan fingerprint density at radius 3 is 2.88 bits per heavy atom. The van der Waals surface area contributed by atoms with Crippen molar-refractivity contribution in [3.8, 4) is 0 Å². The van der Waals surface area contributed by atoms with Crippen LogP contribution < -0.4 is 5.32 Å². The van der Waals surface area contributed by atoms with Gasteiger partial charge in [-0.1, -0.05) is 6.92 Å². The Bertz CT molecular complexity index is 402. The highest BCUT2D eigenvalue weighted by Crippen LogP contribution is 2.21. The molecular weight excluding hydrogens is 208 g/mol. The van der Waals surface area contributed by atoms with Gasteiger partial charge in [0.1, 0.15) is 11.9 Å². The number of hydrogen-bond acceptors (Lipinski definition) is 4. The summed E-state index contributed by atoms with van der Waals surface area (Å²) in [4.78, 5) is 16.0. The highest BCUT2D eigenvalue weighted by atomic mass is 16.5. The summed E-state index contributed by atoms with van der Waals surface area (Å²) in [6.45, 7) is 4.45. The monoisotopic (exact) mass is 224 g/mol. The zero-order valence-corrected chi connectivity index (χ0v) is 9.73. The van der Waals surface area contributed by atoms with Crippen LogP contribution in [0, 0.1) is 12.8 Å². The molecule has 0 aliphatic carbocycles. The van der Waals surface area contributed by atoms with Gasteiger partial charge in [0.15, 0.2) is 0 Å². The summed E-state index contributed by atoms with van der Waals surface area (Å²) in [7, 11) is 1.74. The molecular formula is C10H16N4O2. The zero-order valence-electron chi connectivity index (χ0n) is 9.73. The first-order valence-corrected chi connectivity index (χ1v) is 5.38. The number of aryl methyl sites for hydroxylation is 2. The number of amides is 1. The van der Waals surface area contributed by atoms with Crippen LogP contribution in [0.15, 0.2) is 0 Å². The molecule has 0 spiro atoms. The fraction of sp³-hybridized carbons (Fsp3) is 0.700. The van der Waals surface area contributed by atoms with Gasteiger partial charge in [0.05, 0.1) is 0 Å². The van der Waals surface area contributed by atoms with Gasteiger partial charge in [-0.3, -0.25) is 10.1 Å². The van der Waals surface area contributed by atoms with Gasteiger partial charge in [0.2, 0.25) is 5.95 Å². The highest BCUT2D eigenvalue weighted by Gasteiger charge is 2.31. The number of anilines is 1. The van der Waals surface area contributed by atoms with Crippen LogP contribution >= 0.6 is 0 Å². The van der Waals surface area contributed by atoms with Crippen LogP contribution in [0.1, 0.15) is 19.2 Å². The number of nitrogens with one attached hydrogen (secondary N) is 1. The van der Waals surface area contributed by atoms with E-state index >= 15 is 0 Å². The third-order valence-corrected chi connectivity index (χ3v) is 2.75. The van der Waals surface area contributed by atoms with Crippen LogP contribution in [0.2, 0.25) is 0 Å². The summed E-state index contributed by atoms with van der Waals surface area (Å²) in [6.07, 6.45) is 0.563. The van der Waals surface area contributed by atoms with E-state index in [1.165, 1.54) is 0 Å². The number of hydrogen-bond donors (Lipinski definition) is 1. The topological polar surface area (TPSA) is 69.0 Å². The lowest BCUT2D eigenvalue weighted by molar-refractivity contribution is -0.126. The Kier molecular flexibility index (Phi) is 2.91. The van der Waals surface area contributed by atoms with E-state index in [9.17, 15) is 4.79 Å². The predicted molar refractivity (Wildman–Crippen MR) is 57.9 cm³/mol. The molecule has 2 unspecified atom stereocenters. The lowest BCUT2D eigenvalue weighted by Gasteiger charge is -2.13. The van der Waals surface area contributed by atoms with E-state index in [-0.39, 0.29) is 17.9 Å². The lowest BCUT2D eigenvalue weighted by Crippen LogP contribution is -2.32. The van der Waals surface area contributed by atoms with Crippen LogP contribution in [0.4, 0.5) is 5.95 Å². The van der Waals surface area contributed by atoms with Gasteiger partial charge < -0.3 is 4.74 Å². The smallest absolute Gasteiger partial charge is 0.256 e. The first kappa shape index (κ1) is 11.1. The van der Waals surface area contributed by atoms with Gasteiger partial charge in [-0.05, 0) is 19.3 Å². The van der Waals surface area contributed by atoms with Gasteiger partial charge >= 0.3 is 0 Å². The molecule has 1 aromatic heterocycles. The van der Waals surface area contributed by atoms with Crippen LogP contribution in [0.3, 0.4) is 0 Å². The Balaban J connectivity index is 2.04. The van der Waals surface area contributed by atoms with Crippen molar-refractivity contribution in [3.05, 3.63) is 5.82 Å². The van der Waals surface area contributed by atoms with Gasteiger partial charge in [0, 0.05) is 13.7 Å². The van der Waals surface area contributed by atoms with E-state index in [4.69, 9.17) is 4.74 Å². The standard InChI is InChI=1S/C10H16N4O2/c1-6-4-5-16-8(6)9(15)12-10-11-7(2)13-14(10)3/h6,8H,4-5H2,1-3H3,(H,11,12,13,15). The van der Waals surface area contributed by atoms with Crippen LogP contribution in [0.25, 0.3) is 0 Å².